The third-order valence-electron chi connectivity index (χ3n) is 5.06. The summed E-state index contributed by atoms with van der Waals surface area (Å²) in [7, 11) is 0. The Balaban J connectivity index is 1.76. The molecule has 1 atom stereocenters. The molecule has 4 nitrogen and oxygen atoms in total. The average Bonchev–Trinajstić information content (AvgIpc) is 2.60. The Morgan fingerprint density at radius 2 is 1.88 bits per heavy atom. The van der Waals surface area contributed by atoms with Gasteiger partial charge in [0, 0.05) is 34.1 Å². The van der Waals surface area contributed by atoms with E-state index in [-0.39, 0.29) is 5.91 Å². The van der Waals surface area contributed by atoms with Crippen LogP contribution in [0.15, 0.2) is 18.2 Å². The molecule has 1 aliphatic rings. The van der Waals surface area contributed by atoms with E-state index in [1.54, 1.807) is 32.0 Å². The van der Waals surface area contributed by atoms with Crippen molar-refractivity contribution >= 4 is 29.1 Å². The molecule has 1 saturated heterocycles. The molecule has 0 radical (unpaired) electrons. The Kier molecular flexibility index (Phi) is 7.71. The molecule has 0 bridgehead atoms. The monoisotopic (exact) mass is 404 g/mol. The Bertz CT molecular complexity index is 599. The number of benzene rings is 1. The number of rotatable bonds is 7. The molecule has 0 saturated carbocycles. The number of halogens is 3. The molecule has 0 spiro atoms. The van der Waals surface area contributed by atoms with Gasteiger partial charge >= 0.3 is 0 Å². The minimum atomic E-state index is -0.719. The molecule has 1 amide bonds. The molecule has 1 aromatic carbocycles. The number of hydrogen-bond acceptors (Lipinski definition) is 3. The van der Waals surface area contributed by atoms with Gasteiger partial charge in [0.15, 0.2) is 0 Å². The third-order valence-corrected chi connectivity index (χ3v) is 5.50. The summed E-state index contributed by atoms with van der Waals surface area (Å²) >= 11 is 11.9. The van der Waals surface area contributed by atoms with E-state index in [0.717, 1.165) is 25.9 Å². The van der Waals surface area contributed by atoms with Crippen LogP contribution >= 0.6 is 23.2 Å². The van der Waals surface area contributed by atoms with E-state index in [4.69, 9.17) is 23.2 Å². The number of β-amino-alcohol motifs (C(OH)–C–C–N with tert-alkyl or cyclic N) is 1. The lowest BCUT2D eigenvalue weighted by Gasteiger charge is -2.36. The lowest BCUT2D eigenvalue weighted by Crippen LogP contribution is -2.46. The third kappa shape index (κ3) is 6.08. The number of likely N-dealkylation sites (tertiary alicyclic amines) is 1. The number of hydrogen-bond donors (Lipinski definition) is 2. The predicted octanol–water partition coefficient (Wildman–Crippen LogP) is 3.79. The second-order valence-corrected chi connectivity index (χ2v) is 8.62. The number of nitrogens with zero attached hydrogens (tertiary/aromatic N) is 1. The first kappa shape index (κ1) is 21.4. The molecule has 26 heavy (non-hydrogen) atoms. The van der Waals surface area contributed by atoms with Gasteiger partial charge in [-0.1, -0.05) is 37.0 Å². The number of aliphatic hydroxyl groups excluding tert-OH is 1. The number of alkyl halides is 1. The highest BCUT2D eigenvalue weighted by Gasteiger charge is 2.30. The van der Waals surface area contributed by atoms with Gasteiger partial charge in [0.25, 0.3) is 5.91 Å². The molecule has 7 heteroatoms. The van der Waals surface area contributed by atoms with Crippen LogP contribution in [0.1, 0.15) is 37.0 Å². The standard InChI is InChI=1S/C19H27Cl2FN2O2/c1-19(2,12-22)17(25)11-24-5-3-13(4-6-24)10-23-18(26)14-7-15(20)9-16(21)8-14/h7-9,13,17,25H,3-6,10-12H2,1-2H3,(H,23,26)/t17-/m0/s1. The van der Waals surface area contributed by atoms with Crippen LogP contribution in [-0.2, 0) is 0 Å². The minimum Gasteiger partial charge on any atom is -0.391 e. The summed E-state index contributed by atoms with van der Waals surface area (Å²) in [6, 6.07) is 4.78. The fourth-order valence-electron chi connectivity index (χ4n) is 2.98. The van der Waals surface area contributed by atoms with Crippen molar-refractivity contribution in [2.75, 3.05) is 32.9 Å². The van der Waals surface area contributed by atoms with E-state index in [0.29, 0.717) is 34.6 Å². The maximum absolute atomic E-state index is 13.0. The van der Waals surface area contributed by atoms with Gasteiger partial charge in [0.2, 0.25) is 0 Å². The molecule has 1 aromatic rings. The number of aliphatic hydroxyl groups is 1. The van der Waals surface area contributed by atoms with Gasteiger partial charge in [0.05, 0.1) is 12.8 Å². The van der Waals surface area contributed by atoms with Crippen molar-refractivity contribution in [1.29, 1.82) is 0 Å². The number of piperidine rings is 1. The molecule has 2 rings (SSSR count). The summed E-state index contributed by atoms with van der Waals surface area (Å²) in [6.45, 7) is 5.69. The van der Waals surface area contributed by atoms with Gasteiger partial charge in [-0.3, -0.25) is 9.18 Å². The average molecular weight is 405 g/mol. The summed E-state index contributed by atoms with van der Waals surface area (Å²) in [4.78, 5) is 14.4. The highest BCUT2D eigenvalue weighted by Crippen LogP contribution is 2.24. The Labute approximate surface area is 164 Å². The molecule has 2 N–H and O–H groups in total. The van der Waals surface area contributed by atoms with Crippen LogP contribution in [0.2, 0.25) is 10.0 Å². The van der Waals surface area contributed by atoms with E-state index in [2.05, 4.69) is 10.2 Å². The first-order valence-corrected chi connectivity index (χ1v) is 9.67. The normalized spacial score (nSPS) is 17.9. The van der Waals surface area contributed by atoms with Crippen LogP contribution in [0.3, 0.4) is 0 Å². The van der Waals surface area contributed by atoms with Crippen LogP contribution in [0, 0.1) is 11.3 Å². The van der Waals surface area contributed by atoms with Crippen LogP contribution < -0.4 is 5.32 Å². The van der Waals surface area contributed by atoms with E-state index in [1.807, 2.05) is 0 Å². The maximum atomic E-state index is 13.0. The van der Waals surface area contributed by atoms with Crippen LogP contribution in [0.4, 0.5) is 4.39 Å². The van der Waals surface area contributed by atoms with Crippen molar-refractivity contribution in [2.45, 2.75) is 32.8 Å². The number of amides is 1. The minimum absolute atomic E-state index is 0.183. The molecular weight excluding hydrogens is 378 g/mol. The second kappa shape index (κ2) is 9.36. The number of carbonyl (C=O) groups is 1. The van der Waals surface area contributed by atoms with Crippen LogP contribution in [0.5, 0.6) is 0 Å². The van der Waals surface area contributed by atoms with Gasteiger partial charge in [-0.2, -0.15) is 0 Å². The Morgan fingerprint density at radius 1 is 1.31 bits per heavy atom. The quantitative estimate of drug-likeness (QED) is 0.726. The van der Waals surface area contributed by atoms with Gasteiger partial charge in [-0.25, -0.2) is 0 Å². The van der Waals surface area contributed by atoms with Crippen LogP contribution in [0.25, 0.3) is 0 Å². The molecular formula is C19H27Cl2FN2O2. The van der Waals surface area contributed by atoms with E-state index in [1.165, 1.54) is 0 Å². The summed E-state index contributed by atoms with van der Waals surface area (Å²) in [5.74, 6) is 0.202. The van der Waals surface area contributed by atoms with Crippen molar-refractivity contribution in [3.05, 3.63) is 33.8 Å². The molecule has 0 aromatic heterocycles. The maximum Gasteiger partial charge on any atom is 0.251 e. The number of nitrogens with one attached hydrogen (secondary N) is 1. The lowest BCUT2D eigenvalue weighted by molar-refractivity contribution is -0.00207. The fourth-order valence-corrected chi connectivity index (χ4v) is 3.50. The summed E-state index contributed by atoms with van der Waals surface area (Å²) in [5.41, 5.74) is -0.264. The summed E-state index contributed by atoms with van der Waals surface area (Å²) in [5, 5.41) is 14.0. The number of carbonyl (C=O) groups excluding carboxylic acids is 1. The summed E-state index contributed by atoms with van der Waals surface area (Å²) in [6.07, 6.45) is 1.18. The topological polar surface area (TPSA) is 52.6 Å². The summed E-state index contributed by atoms with van der Waals surface area (Å²) < 4.78 is 13.0. The van der Waals surface area contributed by atoms with Gasteiger partial charge in [-0.15, -0.1) is 0 Å². The zero-order valence-electron chi connectivity index (χ0n) is 15.3. The highest BCUT2D eigenvalue weighted by atomic mass is 35.5. The first-order valence-electron chi connectivity index (χ1n) is 8.92. The molecule has 1 fully saturated rings. The zero-order chi connectivity index (χ0) is 19.3. The van der Waals surface area contributed by atoms with Crippen LogP contribution in [-0.4, -0.2) is 54.9 Å². The van der Waals surface area contributed by atoms with E-state index in [9.17, 15) is 14.3 Å². The second-order valence-electron chi connectivity index (χ2n) is 7.75. The predicted molar refractivity (Wildman–Crippen MR) is 104 cm³/mol. The fraction of sp³-hybridized carbons (Fsp3) is 0.632. The van der Waals surface area contributed by atoms with Gasteiger partial charge in [0.1, 0.15) is 0 Å². The Hall–Kier alpha value is -0.880. The Morgan fingerprint density at radius 3 is 2.42 bits per heavy atom. The molecule has 1 heterocycles. The van der Waals surface area contributed by atoms with Crippen molar-refractivity contribution in [3.8, 4) is 0 Å². The van der Waals surface area contributed by atoms with E-state index < -0.39 is 18.2 Å². The van der Waals surface area contributed by atoms with Crippen molar-refractivity contribution in [1.82, 2.24) is 10.2 Å². The van der Waals surface area contributed by atoms with Gasteiger partial charge in [-0.05, 0) is 50.0 Å². The van der Waals surface area contributed by atoms with Gasteiger partial charge < -0.3 is 15.3 Å². The van der Waals surface area contributed by atoms with Crippen molar-refractivity contribution < 1.29 is 14.3 Å². The molecule has 1 aliphatic heterocycles. The smallest absolute Gasteiger partial charge is 0.251 e. The molecule has 0 unspecified atom stereocenters. The zero-order valence-corrected chi connectivity index (χ0v) is 16.8. The largest absolute Gasteiger partial charge is 0.391 e. The lowest BCUT2D eigenvalue weighted by atomic mass is 9.87. The van der Waals surface area contributed by atoms with E-state index >= 15 is 0 Å². The highest BCUT2D eigenvalue weighted by molar-refractivity contribution is 6.35. The first-order chi connectivity index (χ1) is 12.2. The molecule has 146 valence electrons. The van der Waals surface area contributed by atoms with Crippen molar-refractivity contribution in [3.63, 3.8) is 0 Å². The van der Waals surface area contributed by atoms with Crippen molar-refractivity contribution in [2.24, 2.45) is 11.3 Å². The SMILES string of the molecule is CC(C)(CF)[C@@H](O)CN1CCC(CNC(=O)c2cc(Cl)cc(Cl)c2)CC1. The molecule has 0 aliphatic carbocycles.